The van der Waals surface area contributed by atoms with Crippen LogP contribution in [0.2, 0.25) is 0 Å². The highest BCUT2D eigenvalue weighted by molar-refractivity contribution is 6.20. The first-order valence-corrected chi connectivity index (χ1v) is 10.7. The summed E-state index contributed by atoms with van der Waals surface area (Å²) in [5.41, 5.74) is 1.94. The van der Waals surface area contributed by atoms with Crippen LogP contribution in [0.3, 0.4) is 0 Å². The van der Waals surface area contributed by atoms with Gasteiger partial charge in [0.25, 0.3) is 17.5 Å². The van der Waals surface area contributed by atoms with Crippen LogP contribution in [-0.4, -0.2) is 29.1 Å². The molecule has 1 heterocycles. The monoisotopic (exact) mass is 465 g/mol. The van der Waals surface area contributed by atoms with Crippen LogP contribution in [0.5, 0.6) is 0 Å². The lowest BCUT2D eigenvalue weighted by Crippen LogP contribution is -2.30. The van der Waals surface area contributed by atoms with Gasteiger partial charge in [0.1, 0.15) is 17.5 Å². The Hall–Kier alpha value is -5.10. The summed E-state index contributed by atoms with van der Waals surface area (Å²) in [5, 5.41) is 26.2. The van der Waals surface area contributed by atoms with E-state index in [0.29, 0.717) is 24.1 Å². The molecular formula is C26H19N5O4. The second-order valence-electron chi connectivity index (χ2n) is 7.59. The van der Waals surface area contributed by atoms with E-state index in [9.17, 15) is 25.0 Å². The zero-order valence-corrected chi connectivity index (χ0v) is 18.4. The second kappa shape index (κ2) is 10.2. The summed E-state index contributed by atoms with van der Waals surface area (Å²) in [6, 6.07) is 23.7. The fraction of sp³-hybridized carbons (Fsp3) is 0.0769. The molecule has 3 aromatic carbocycles. The van der Waals surface area contributed by atoms with E-state index in [1.165, 1.54) is 18.2 Å². The molecule has 172 valence electrons. The highest BCUT2D eigenvalue weighted by Gasteiger charge is 2.27. The van der Waals surface area contributed by atoms with Gasteiger partial charge in [-0.15, -0.1) is 0 Å². The van der Waals surface area contributed by atoms with Gasteiger partial charge in [0.05, 0.1) is 10.6 Å². The molecule has 2 N–H and O–H groups in total. The number of hydrogen-bond acceptors (Lipinski definition) is 6. The number of nitro benzene ring substituents is 1. The minimum absolute atomic E-state index is 0.0796. The average molecular weight is 465 g/mol. The lowest BCUT2D eigenvalue weighted by molar-refractivity contribution is -0.384. The zero-order valence-electron chi connectivity index (χ0n) is 18.4. The third kappa shape index (κ3) is 5.12. The van der Waals surface area contributed by atoms with Gasteiger partial charge in [0, 0.05) is 35.4 Å². The number of hydrogen-bond donors (Lipinski definition) is 2. The van der Waals surface area contributed by atoms with Gasteiger partial charge in [0.2, 0.25) is 0 Å². The normalized spacial score (nSPS) is 13.2. The Labute approximate surface area is 200 Å². The maximum absolute atomic E-state index is 12.8. The van der Waals surface area contributed by atoms with E-state index in [4.69, 9.17) is 0 Å². The second-order valence-corrected chi connectivity index (χ2v) is 7.59. The van der Waals surface area contributed by atoms with Crippen LogP contribution in [0.4, 0.5) is 5.69 Å². The van der Waals surface area contributed by atoms with Crippen LogP contribution in [0.15, 0.2) is 89.4 Å². The van der Waals surface area contributed by atoms with Gasteiger partial charge in [-0.25, -0.2) is 4.99 Å². The first-order chi connectivity index (χ1) is 17.0. The summed E-state index contributed by atoms with van der Waals surface area (Å²) < 4.78 is 0. The van der Waals surface area contributed by atoms with Crippen LogP contribution in [0.1, 0.15) is 27.0 Å². The predicted molar refractivity (Wildman–Crippen MR) is 129 cm³/mol. The van der Waals surface area contributed by atoms with E-state index in [2.05, 4.69) is 15.6 Å². The van der Waals surface area contributed by atoms with Gasteiger partial charge >= 0.3 is 0 Å². The Balaban J connectivity index is 1.58. The fourth-order valence-electron chi connectivity index (χ4n) is 3.62. The summed E-state index contributed by atoms with van der Waals surface area (Å²) in [6.45, 7) is 0.336. The summed E-state index contributed by atoms with van der Waals surface area (Å²) in [5.74, 6) is -1.02. The molecule has 3 aromatic rings. The van der Waals surface area contributed by atoms with Crippen molar-refractivity contribution < 1.29 is 14.5 Å². The van der Waals surface area contributed by atoms with E-state index in [0.717, 1.165) is 11.6 Å². The lowest BCUT2D eigenvalue weighted by Gasteiger charge is -2.06. The standard InChI is InChI=1S/C26H19N5O4/c27-16-22(26(33)28-14-13-17-7-2-1-3-8-17)23-20-11-4-5-12-21(20)24(29-23)30-25(32)18-9-6-10-19(15-18)31(34)35/h1-12,15H,13-14H2,(H,28,33)(H,29,30,32)/b23-22+. The maximum atomic E-state index is 12.8. The number of nitriles is 1. The Kier molecular flexibility index (Phi) is 6.74. The third-order valence-electron chi connectivity index (χ3n) is 5.33. The van der Waals surface area contributed by atoms with Crippen molar-refractivity contribution in [2.24, 2.45) is 4.99 Å². The molecule has 0 saturated heterocycles. The predicted octanol–water partition coefficient (Wildman–Crippen LogP) is 3.38. The Morgan fingerprint density at radius 1 is 0.971 bits per heavy atom. The number of nitrogens with one attached hydrogen (secondary N) is 2. The number of benzene rings is 3. The molecule has 0 aromatic heterocycles. The molecular weight excluding hydrogens is 446 g/mol. The van der Waals surface area contributed by atoms with Gasteiger partial charge in [-0.1, -0.05) is 60.7 Å². The summed E-state index contributed by atoms with van der Waals surface area (Å²) >= 11 is 0. The van der Waals surface area contributed by atoms with Crippen molar-refractivity contribution in [2.75, 3.05) is 6.54 Å². The van der Waals surface area contributed by atoms with Crippen molar-refractivity contribution in [3.05, 3.63) is 117 Å². The largest absolute Gasteiger partial charge is 0.351 e. The van der Waals surface area contributed by atoms with Crippen molar-refractivity contribution in [1.29, 1.82) is 5.26 Å². The van der Waals surface area contributed by atoms with Crippen molar-refractivity contribution in [1.82, 2.24) is 10.6 Å². The van der Waals surface area contributed by atoms with Gasteiger partial charge in [0.15, 0.2) is 0 Å². The van der Waals surface area contributed by atoms with Crippen LogP contribution in [0, 0.1) is 21.4 Å². The quantitative estimate of drug-likeness (QED) is 0.249. The molecule has 0 spiro atoms. The SMILES string of the molecule is N#C/C(C(=O)NCCc1ccccc1)=C1\N=C(NC(=O)c2cccc([N+](=O)[O-])c2)c2ccccc21. The Bertz CT molecular complexity index is 1420. The molecule has 1 aliphatic heterocycles. The summed E-state index contributed by atoms with van der Waals surface area (Å²) in [6.07, 6.45) is 0.602. The number of nitro groups is 1. The average Bonchev–Trinajstić information content (AvgIpc) is 3.23. The molecule has 4 rings (SSSR count). The summed E-state index contributed by atoms with van der Waals surface area (Å²) in [4.78, 5) is 40.4. The first kappa shape index (κ1) is 23.1. The van der Waals surface area contributed by atoms with Gasteiger partial charge in [-0.05, 0) is 18.1 Å². The molecule has 0 bridgehead atoms. The number of carbonyl (C=O) groups is 2. The number of amides is 2. The number of rotatable bonds is 6. The van der Waals surface area contributed by atoms with Gasteiger partial charge in [-0.3, -0.25) is 19.7 Å². The molecule has 0 aliphatic carbocycles. The number of carbonyl (C=O) groups excluding carboxylic acids is 2. The number of aliphatic imine (C=N–C) groups is 1. The van der Waals surface area contributed by atoms with Crippen molar-refractivity contribution in [2.45, 2.75) is 6.42 Å². The number of amidine groups is 1. The molecule has 0 radical (unpaired) electrons. The zero-order chi connectivity index (χ0) is 24.8. The molecule has 0 fully saturated rings. The highest BCUT2D eigenvalue weighted by Crippen LogP contribution is 2.30. The number of nitrogens with zero attached hydrogens (tertiary/aromatic N) is 3. The van der Waals surface area contributed by atoms with Crippen LogP contribution in [0.25, 0.3) is 5.70 Å². The highest BCUT2D eigenvalue weighted by atomic mass is 16.6. The first-order valence-electron chi connectivity index (χ1n) is 10.7. The third-order valence-corrected chi connectivity index (χ3v) is 5.33. The Morgan fingerprint density at radius 2 is 1.69 bits per heavy atom. The van der Waals surface area contributed by atoms with Crippen molar-refractivity contribution >= 4 is 29.0 Å². The molecule has 1 aliphatic rings. The summed E-state index contributed by atoms with van der Waals surface area (Å²) in [7, 11) is 0. The molecule has 0 unspecified atom stereocenters. The fourth-order valence-corrected chi connectivity index (χ4v) is 3.62. The van der Waals surface area contributed by atoms with E-state index in [1.807, 2.05) is 36.4 Å². The van der Waals surface area contributed by atoms with Crippen molar-refractivity contribution in [3.8, 4) is 6.07 Å². The van der Waals surface area contributed by atoms with Crippen LogP contribution < -0.4 is 10.6 Å². The van der Waals surface area contributed by atoms with E-state index < -0.39 is 16.7 Å². The van der Waals surface area contributed by atoms with E-state index in [-0.39, 0.29) is 28.4 Å². The Morgan fingerprint density at radius 3 is 2.40 bits per heavy atom. The molecule has 0 saturated carbocycles. The molecule has 2 amide bonds. The minimum atomic E-state index is -0.602. The lowest BCUT2D eigenvalue weighted by atomic mass is 10.0. The molecule has 9 heteroatoms. The van der Waals surface area contributed by atoms with Crippen molar-refractivity contribution in [3.63, 3.8) is 0 Å². The molecule has 35 heavy (non-hydrogen) atoms. The van der Waals surface area contributed by atoms with E-state index in [1.54, 1.807) is 24.3 Å². The maximum Gasteiger partial charge on any atom is 0.270 e. The van der Waals surface area contributed by atoms with Gasteiger partial charge < -0.3 is 10.6 Å². The smallest absolute Gasteiger partial charge is 0.270 e. The van der Waals surface area contributed by atoms with E-state index >= 15 is 0 Å². The number of non-ortho nitro benzene ring substituents is 1. The molecule has 9 nitrogen and oxygen atoms in total. The number of fused-ring (bicyclic) bond motifs is 1. The van der Waals surface area contributed by atoms with Crippen LogP contribution in [-0.2, 0) is 11.2 Å². The topological polar surface area (TPSA) is 137 Å². The van der Waals surface area contributed by atoms with Crippen LogP contribution >= 0.6 is 0 Å². The molecule has 0 atom stereocenters. The van der Waals surface area contributed by atoms with Gasteiger partial charge in [-0.2, -0.15) is 5.26 Å². The minimum Gasteiger partial charge on any atom is -0.351 e.